The zero-order valence-electron chi connectivity index (χ0n) is 11.9. The number of benzene rings is 1. The quantitative estimate of drug-likeness (QED) is 0.238. The van der Waals surface area contributed by atoms with Crippen molar-refractivity contribution in [1.29, 1.82) is 0 Å². The molecule has 124 valence electrons. The summed E-state index contributed by atoms with van der Waals surface area (Å²) >= 11 is 0. The molecule has 21 heavy (non-hydrogen) atoms. The molecule has 0 saturated heterocycles. The number of para-hydroxylation sites is 2. The Hall–Kier alpha value is -0.318. The molecule has 0 unspecified atom stereocenters. The van der Waals surface area contributed by atoms with Crippen LogP contribution in [0.1, 0.15) is 0 Å². The minimum atomic E-state index is -10.7. The number of nitrogens with one attached hydrogen (secondary N) is 1. The maximum absolute atomic E-state index is 10.7. The third-order valence-electron chi connectivity index (χ3n) is 1.22. The van der Waals surface area contributed by atoms with Gasteiger partial charge in [-0.15, -0.1) is 0 Å². The van der Waals surface area contributed by atoms with Crippen molar-refractivity contribution in [3.63, 3.8) is 0 Å². The molecule has 11 heteroatoms. The number of halogens is 6. The fraction of sp³-hybridized carbons (Fsp3) is 0. The minimum absolute atomic E-state index is 0. The Morgan fingerprint density at radius 2 is 0.952 bits per heavy atom. The Morgan fingerprint density at radius 1 is 0.714 bits per heavy atom. The van der Waals surface area contributed by atoms with Crippen LogP contribution < -0.4 is 0 Å². The summed E-state index contributed by atoms with van der Waals surface area (Å²) in [5.41, 5.74) is 1.83. The van der Waals surface area contributed by atoms with E-state index in [2.05, 4.69) is 15.4 Å². The molecule has 1 aromatic heterocycles. The molecule has 1 N–H and O–H groups in total. The third-order valence-corrected chi connectivity index (χ3v) is 1.22. The first kappa shape index (κ1) is 32.6. The second kappa shape index (κ2) is 8.96. The van der Waals surface area contributed by atoms with Gasteiger partial charge >= 0.3 is 64.1 Å². The van der Waals surface area contributed by atoms with Gasteiger partial charge in [-0.25, -0.2) is 0 Å². The Morgan fingerprint density at radius 3 is 1.19 bits per heavy atom. The van der Waals surface area contributed by atoms with E-state index in [4.69, 9.17) is 0 Å². The molecule has 1 heterocycles. The van der Waals surface area contributed by atoms with E-state index >= 15 is 0 Å². The van der Waals surface area contributed by atoms with Crippen molar-refractivity contribution in [3.05, 3.63) is 54.0 Å². The van der Waals surface area contributed by atoms with E-state index < -0.39 is 7.81 Å². The van der Waals surface area contributed by atoms with Crippen molar-refractivity contribution in [1.82, 2.24) is 15.4 Å². The molecule has 0 bridgehead atoms. The smallest absolute Gasteiger partial charge is 0.358 e. The molecule has 0 radical (unpaired) electrons. The molecule has 2 rings (SSSR count). The van der Waals surface area contributed by atoms with Crippen LogP contribution in [-0.2, 0) is 0 Å². The van der Waals surface area contributed by atoms with E-state index in [1.807, 2.05) is 24.3 Å². The van der Waals surface area contributed by atoms with Gasteiger partial charge in [-0.3, -0.25) is 0 Å². The van der Waals surface area contributed by atoms with Gasteiger partial charge in [-0.1, -0.05) is 12.1 Å². The fourth-order valence-electron chi connectivity index (χ4n) is 0.786. The van der Waals surface area contributed by atoms with Gasteiger partial charge in [-0.2, -0.15) is 15.4 Å². The molecule has 2 aromatic rings. The summed E-state index contributed by atoms with van der Waals surface area (Å²) in [5, 5.41) is 10.3. The minimum Gasteiger partial charge on any atom is -0.358 e. The zero-order chi connectivity index (χ0) is 12.5. The van der Waals surface area contributed by atoms with Crippen LogP contribution in [0.4, 0.5) is 25.2 Å². The average molecular weight is 562 g/mol. The molecule has 0 amide bonds. The molecule has 0 fully saturated rings. The number of aromatic amines is 1. The van der Waals surface area contributed by atoms with Crippen molar-refractivity contribution in [2.24, 2.45) is 0 Å². The number of rotatable bonds is 0. The molecule has 0 spiro atoms. The summed E-state index contributed by atoms with van der Waals surface area (Å²) < 4.78 is 59.2. The van der Waals surface area contributed by atoms with E-state index in [0.717, 1.165) is 11.0 Å². The predicted molar refractivity (Wildman–Crippen MR) is 73.1 cm³/mol. The maximum atomic E-state index is 9.87. The van der Waals surface area contributed by atoms with Crippen LogP contribution in [0, 0.1) is 60.8 Å². The molecule has 0 aliphatic carbocycles. The Balaban J connectivity index is -0.0000000673. The molecular weight excluding hydrogens is 545 g/mol. The molecule has 0 aliphatic heterocycles. The topological polar surface area (TPSA) is 41.6 Å². The monoisotopic (exact) mass is 562 g/mol. The molecule has 0 aliphatic rings. The summed E-state index contributed by atoms with van der Waals surface area (Å²) in [5.74, 6) is 0. The van der Waals surface area contributed by atoms with Crippen molar-refractivity contribution < 1.29 is 56.3 Å². The van der Waals surface area contributed by atoms with Crippen LogP contribution in [0.3, 0.4) is 0 Å². The van der Waals surface area contributed by atoms with Gasteiger partial charge in [0, 0.05) is 0 Å². The number of hydrogen-bond donors (Lipinski definition) is 1. The molecule has 3 nitrogen and oxygen atoms in total. The van der Waals surface area contributed by atoms with Crippen LogP contribution in [0.2, 0.25) is 0 Å². The zero-order valence-corrected chi connectivity index (χ0v) is 17.0. The molecule has 1 aromatic carbocycles. The Kier molecular flexibility index (Phi) is 13.9. The second-order valence-electron chi connectivity index (χ2n) is 2.77. The third kappa shape index (κ3) is 22.1. The first-order valence-corrected chi connectivity index (χ1v) is 5.76. The van der Waals surface area contributed by atoms with Gasteiger partial charge in [0.25, 0.3) is 0 Å². The van der Waals surface area contributed by atoms with Gasteiger partial charge in [0.05, 0.1) is 0 Å². The number of nitrogens with zero attached hydrogens (tertiary/aromatic N) is 2. The van der Waals surface area contributed by atoms with E-state index in [0.29, 0.717) is 0 Å². The van der Waals surface area contributed by atoms with Crippen LogP contribution in [0.15, 0.2) is 24.3 Å². The van der Waals surface area contributed by atoms with Crippen LogP contribution in [0.25, 0.3) is 11.0 Å². The SMILES string of the molecule is F[P-](F)(F)(F)(F)F.[CH3-].[CH3-].[CH3-].[CH3-].[U+4].c1ccc2n[nH]nc2c1. The van der Waals surface area contributed by atoms with Crippen molar-refractivity contribution in [2.45, 2.75) is 0 Å². The van der Waals surface area contributed by atoms with Crippen molar-refractivity contribution in [3.8, 4) is 0 Å². The van der Waals surface area contributed by atoms with Crippen molar-refractivity contribution in [2.75, 3.05) is 0 Å². The Labute approximate surface area is 144 Å². The van der Waals surface area contributed by atoms with E-state index in [1.54, 1.807) is 0 Å². The van der Waals surface area contributed by atoms with Crippen molar-refractivity contribution >= 4 is 18.8 Å². The summed E-state index contributed by atoms with van der Waals surface area (Å²) in [6, 6.07) is 7.70. The maximum Gasteiger partial charge on any atom is 4.00 e. The fourth-order valence-corrected chi connectivity index (χ4v) is 0.786. The summed E-state index contributed by atoms with van der Waals surface area (Å²) in [7, 11) is -10.7. The number of fused-ring (bicyclic) bond motifs is 1. The largest absolute Gasteiger partial charge is 4.00 e. The number of aromatic nitrogens is 3. The number of hydrogen-bond acceptors (Lipinski definition) is 2. The molecular formula is C10H17F6N3PU-. The first-order valence-electron chi connectivity index (χ1n) is 3.74. The van der Waals surface area contributed by atoms with E-state index in [9.17, 15) is 25.2 Å². The van der Waals surface area contributed by atoms with Gasteiger partial charge in [0.15, 0.2) is 0 Å². The number of H-pyrrole nitrogens is 1. The summed E-state index contributed by atoms with van der Waals surface area (Å²) in [6.45, 7) is 0. The van der Waals surface area contributed by atoms with Crippen LogP contribution in [0.5, 0.6) is 0 Å². The standard InChI is InChI=1S/C6H5N3.4CH3.F6P.U/c1-2-4-6-5(3-1)7-9-8-6;;;;;1-7(2,3,4,5)6;/h1-4H,(H,7,8,9);4*1H3;;/q;5*-1;+4. The first-order chi connectivity index (χ1) is 6.92. The van der Waals surface area contributed by atoms with Crippen LogP contribution in [-0.4, -0.2) is 15.4 Å². The second-order valence-corrected chi connectivity index (χ2v) is 4.69. The van der Waals surface area contributed by atoms with Gasteiger partial charge in [0.2, 0.25) is 0 Å². The van der Waals surface area contributed by atoms with Crippen LogP contribution >= 0.6 is 7.81 Å². The van der Waals surface area contributed by atoms with E-state index in [1.165, 1.54) is 0 Å². The van der Waals surface area contributed by atoms with Gasteiger partial charge < -0.3 is 29.7 Å². The normalized spacial score (nSPS) is 12.1. The van der Waals surface area contributed by atoms with Gasteiger partial charge in [0.1, 0.15) is 11.0 Å². The average Bonchev–Trinajstić information content (AvgIpc) is 2.44. The summed E-state index contributed by atoms with van der Waals surface area (Å²) in [4.78, 5) is 0. The Bertz CT molecular complexity index is 457. The van der Waals surface area contributed by atoms with E-state index in [-0.39, 0.29) is 60.8 Å². The van der Waals surface area contributed by atoms with Gasteiger partial charge in [-0.05, 0) is 12.1 Å². The summed E-state index contributed by atoms with van der Waals surface area (Å²) in [6.07, 6.45) is 0. The molecule has 0 saturated carbocycles. The predicted octanol–water partition coefficient (Wildman–Crippen LogP) is 6.14. The molecule has 0 atom stereocenters.